The molecule has 1 aromatic rings. The van der Waals surface area contributed by atoms with Crippen molar-refractivity contribution in [1.82, 2.24) is 14.9 Å². The van der Waals surface area contributed by atoms with Gasteiger partial charge in [-0.2, -0.15) is 0 Å². The SMILES string of the molecule is CN(CCN1CCCC1=O)c1cnccn1. The van der Waals surface area contributed by atoms with Crippen LogP contribution in [-0.2, 0) is 4.79 Å². The van der Waals surface area contributed by atoms with Crippen LogP contribution in [0.4, 0.5) is 5.82 Å². The van der Waals surface area contributed by atoms with Crippen molar-refractivity contribution >= 4 is 11.7 Å². The Labute approximate surface area is 95.1 Å². The number of likely N-dealkylation sites (N-methyl/N-ethyl adjacent to an activating group) is 1. The molecule has 0 bridgehead atoms. The first-order chi connectivity index (χ1) is 7.77. The van der Waals surface area contributed by atoms with Crippen molar-refractivity contribution in [3.05, 3.63) is 18.6 Å². The highest BCUT2D eigenvalue weighted by atomic mass is 16.2. The highest BCUT2D eigenvalue weighted by molar-refractivity contribution is 5.78. The normalized spacial score (nSPS) is 15.6. The first-order valence-electron chi connectivity index (χ1n) is 5.52. The molecule has 5 heteroatoms. The van der Waals surface area contributed by atoms with Gasteiger partial charge in [0.15, 0.2) is 0 Å². The zero-order valence-corrected chi connectivity index (χ0v) is 9.46. The van der Waals surface area contributed by atoms with Crippen LogP contribution in [0.25, 0.3) is 0 Å². The standard InChI is InChI=1S/C11H16N4O/c1-14(10-9-12-4-5-13-10)7-8-15-6-2-3-11(15)16/h4-5,9H,2-3,6-8H2,1H3. The minimum absolute atomic E-state index is 0.271. The monoisotopic (exact) mass is 220 g/mol. The number of anilines is 1. The van der Waals surface area contributed by atoms with Crippen LogP contribution >= 0.6 is 0 Å². The van der Waals surface area contributed by atoms with E-state index in [1.807, 2.05) is 16.8 Å². The number of carbonyl (C=O) groups is 1. The van der Waals surface area contributed by atoms with Crippen LogP contribution in [-0.4, -0.2) is 47.5 Å². The van der Waals surface area contributed by atoms with Gasteiger partial charge in [-0.05, 0) is 6.42 Å². The summed E-state index contributed by atoms with van der Waals surface area (Å²) >= 11 is 0. The van der Waals surface area contributed by atoms with Gasteiger partial charge in [0.1, 0.15) is 5.82 Å². The summed E-state index contributed by atoms with van der Waals surface area (Å²) < 4.78 is 0. The second-order valence-corrected chi connectivity index (χ2v) is 3.97. The zero-order valence-electron chi connectivity index (χ0n) is 9.46. The molecule has 16 heavy (non-hydrogen) atoms. The maximum absolute atomic E-state index is 11.4. The van der Waals surface area contributed by atoms with E-state index in [9.17, 15) is 4.79 Å². The highest BCUT2D eigenvalue weighted by Gasteiger charge is 2.19. The fourth-order valence-electron chi connectivity index (χ4n) is 1.81. The first kappa shape index (κ1) is 10.9. The van der Waals surface area contributed by atoms with Crippen LogP contribution < -0.4 is 4.90 Å². The molecule has 0 spiro atoms. The summed E-state index contributed by atoms with van der Waals surface area (Å²) in [5.74, 6) is 1.11. The summed E-state index contributed by atoms with van der Waals surface area (Å²) in [5.41, 5.74) is 0. The molecule has 5 nitrogen and oxygen atoms in total. The van der Waals surface area contributed by atoms with Crippen LogP contribution in [0.2, 0.25) is 0 Å². The average molecular weight is 220 g/mol. The van der Waals surface area contributed by atoms with Gasteiger partial charge in [0.2, 0.25) is 5.91 Å². The van der Waals surface area contributed by atoms with E-state index >= 15 is 0 Å². The number of nitrogens with zero attached hydrogens (tertiary/aromatic N) is 4. The van der Waals surface area contributed by atoms with Crippen LogP contribution in [0.5, 0.6) is 0 Å². The lowest BCUT2D eigenvalue weighted by atomic mass is 10.4. The van der Waals surface area contributed by atoms with Crippen molar-refractivity contribution in [2.75, 3.05) is 31.6 Å². The zero-order chi connectivity index (χ0) is 11.4. The lowest BCUT2D eigenvalue weighted by Crippen LogP contribution is -2.34. The van der Waals surface area contributed by atoms with Crippen molar-refractivity contribution in [2.45, 2.75) is 12.8 Å². The average Bonchev–Trinajstić information content (AvgIpc) is 2.73. The molecule has 0 aromatic carbocycles. The molecular weight excluding hydrogens is 204 g/mol. The van der Waals surface area contributed by atoms with Crippen molar-refractivity contribution in [3.8, 4) is 0 Å². The summed E-state index contributed by atoms with van der Waals surface area (Å²) in [5, 5.41) is 0. The van der Waals surface area contributed by atoms with E-state index in [1.165, 1.54) is 0 Å². The molecule has 1 aromatic heterocycles. The van der Waals surface area contributed by atoms with Gasteiger partial charge >= 0.3 is 0 Å². The van der Waals surface area contributed by atoms with E-state index in [-0.39, 0.29) is 5.91 Å². The lowest BCUT2D eigenvalue weighted by Gasteiger charge is -2.22. The number of amides is 1. The second kappa shape index (κ2) is 4.92. The van der Waals surface area contributed by atoms with Crippen LogP contribution in [0.15, 0.2) is 18.6 Å². The fourth-order valence-corrected chi connectivity index (χ4v) is 1.81. The molecule has 1 aliphatic heterocycles. The Morgan fingerprint density at radius 2 is 2.38 bits per heavy atom. The van der Waals surface area contributed by atoms with Gasteiger partial charge < -0.3 is 9.80 Å². The van der Waals surface area contributed by atoms with Gasteiger partial charge in [-0.3, -0.25) is 9.78 Å². The lowest BCUT2D eigenvalue weighted by molar-refractivity contribution is -0.127. The Morgan fingerprint density at radius 3 is 3.00 bits per heavy atom. The van der Waals surface area contributed by atoms with Gasteiger partial charge in [-0.25, -0.2) is 4.98 Å². The number of rotatable bonds is 4. The van der Waals surface area contributed by atoms with Crippen molar-refractivity contribution in [2.24, 2.45) is 0 Å². The summed E-state index contributed by atoms with van der Waals surface area (Å²) in [6.45, 7) is 2.46. The van der Waals surface area contributed by atoms with Crippen molar-refractivity contribution < 1.29 is 4.79 Å². The van der Waals surface area contributed by atoms with Crippen LogP contribution in [0.3, 0.4) is 0 Å². The molecular formula is C11H16N4O. The Kier molecular flexibility index (Phi) is 3.34. The highest BCUT2D eigenvalue weighted by Crippen LogP contribution is 2.10. The number of hydrogen-bond acceptors (Lipinski definition) is 4. The topological polar surface area (TPSA) is 49.3 Å². The molecule has 1 aliphatic rings. The summed E-state index contributed by atoms with van der Waals surface area (Å²) in [6.07, 6.45) is 6.75. The molecule has 2 rings (SSSR count). The number of aromatic nitrogens is 2. The number of hydrogen-bond donors (Lipinski definition) is 0. The molecule has 0 atom stereocenters. The maximum Gasteiger partial charge on any atom is 0.222 e. The first-order valence-corrected chi connectivity index (χ1v) is 5.52. The van der Waals surface area contributed by atoms with Crippen LogP contribution in [0.1, 0.15) is 12.8 Å². The Bertz CT molecular complexity index is 354. The second-order valence-electron chi connectivity index (χ2n) is 3.97. The third-order valence-electron chi connectivity index (χ3n) is 2.82. The van der Waals surface area contributed by atoms with Gasteiger partial charge in [0.05, 0.1) is 6.20 Å². The number of carbonyl (C=O) groups excluding carboxylic acids is 1. The number of likely N-dealkylation sites (tertiary alicyclic amines) is 1. The molecule has 2 heterocycles. The molecule has 1 saturated heterocycles. The summed E-state index contributed by atoms with van der Waals surface area (Å²) in [6, 6.07) is 0. The van der Waals surface area contributed by atoms with Gasteiger partial charge in [0.25, 0.3) is 0 Å². The van der Waals surface area contributed by atoms with Gasteiger partial charge in [0, 0.05) is 45.5 Å². The predicted molar refractivity (Wildman–Crippen MR) is 61.1 cm³/mol. The van der Waals surface area contributed by atoms with Gasteiger partial charge in [-0.1, -0.05) is 0 Å². The third-order valence-corrected chi connectivity index (χ3v) is 2.82. The van der Waals surface area contributed by atoms with Crippen molar-refractivity contribution in [3.63, 3.8) is 0 Å². The summed E-state index contributed by atoms with van der Waals surface area (Å²) in [4.78, 5) is 23.5. The molecule has 0 saturated carbocycles. The van der Waals surface area contributed by atoms with E-state index in [4.69, 9.17) is 0 Å². The smallest absolute Gasteiger partial charge is 0.222 e. The van der Waals surface area contributed by atoms with E-state index in [1.54, 1.807) is 18.6 Å². The maximum atomic E-state index is 11.4. The minimum atomic E-state index is 0.271. The summed E-state index contributed by atoms with van der Waals surface area (Å²) in [7, 11) is 1.96. The molecule has 0 N–H and O–H groups in total. The van der Waals surface area contributed by atoms with E-state index in [0.717, 1.165) is 31.9 Å². The third kappa shape index (κ3) is 2.48. The molecule has 0 unspecified atom stereocenters. The molecule has 0 radical (unpaired) electrons. The Morgan fingerprint density at radius 1 is 1.50 bits per heavy atom. The Balaban J connectivity index is 1.84. The van der Waals surface area contributed by atoms with E-state index in [2.05, 4.69) is 9.97 Å². The van der Waals surface area contributed by atoms with E-state index < -0.39 is 0 Å². The van der Waals surface area contributed by atoms with Crippen molar-refractivity contribution in [1.29, 1.82) is 0 Å². The molecule has 86 valence electrons. The minimum Gasteiger partial charge on any atom is -0.357 e. The Hall–Kier alpha value is -1.65. The largest absolute Gasteiger partial charge is 0.357 e. The molecule has 1 fully saturated rings. The fraction of sp³-hybridized carbons (Fsp3) is 0.545. The molecule has 0 aliphatic carbocycles. The predicted octanol–water partition coefficient (Wildman–Crippen LogP) is 0.535. The van der Waals surface area contributed by atoms with Crippen LogP contribution in [0, 0.1) is 0 Å². The van der Waals surface area contributed by atoms with Gasteiger partial charge in [-0.15, -0.1) is 0 Å². The molecule has 1 amide bonds. The quantitative estimate of drug-likeness (QED) is 0.743. The van der Waals surface area contributed by atoms with E-state index in [0.29, 0.717) is 6.42 Å².